The predicted molar refractivity (Wildman–Crippen MR) is 108 cm³/mol. The van der Waals surface area contributed by atoms with Crippen molar-refractivity contribution in [2.75, 3.05) is 13.1 Å². The maximum atomic E-state index is 11.0. The number of piperidine rings is 1. The lowest BCUT2D eigenvalue weighted by Gasteiger charge is -2.40. The predicted octanol–water partition coefficient (Wildman–Crippen LogP) is 5.43. The molecule has 0 unspecified atom stereocenters. The van der Waals surface area contributed by atoms with Gasteiger partial charge in [-0.2, -0.15) is 0 Å². The molecule has 3 nitrogen and oxygen atoms in total. The monoisotopic (exact) mass is 386 g/mol. The number of hydrogen-bond acceptors (Lipinski definition) is 2. The summed E-state index contributed by atoms with van der Waals surface area (Å²) in [6.07, 6.45) is 3.28. The van der Waals surface area contributed by atoms with Crippen LogP contribution < -0.4 is 0 Å². The molecule has 1 aliphatic heterocycles. The number of hydrogen-bond donors (Lipinski definition) is 2. The van der Waals surface area contributed by atoms with E-state index in [-0.39, 0.29) is 0 Å². The van der Waals surface area contributed by atoms with E-state index in [0.29, 0.717) is 22.9 Å². The van der Waals surface area contributed by atoms with Gasteiger partial charge in [0, 0.05) is 51.5 Å². The maximum Gasteiger partial charge on any atom is 0.0930 e. The average molecular weight is 387 g/mol. The van der Waals surface area contributed by atoms with Gasteiger partial charge < -0.3 is 15.0 Å². The molecular weight excluding hydrogens is 367 g/mol. The van der Waals surface area contributed by atoms with Crippen LogP contribution in [0.25, 0.3) is 16.6 Å². The van der Waals surface area contributed by atoms with Crippen LogP contribution in [0.3, 0.4) is 0 Å². The van der Waals surface area contributed by atoms with Crippen molar-refractivity contribution in [3.63, 3.8) is 0 Å². The molecule has 1 saturated heterocycles. The number of rotatable bonds is 3. The van der Waals surface area contributed by atoms with Crippen LogP contribution in [0, 0.1) is 0 Å². The number of fused-ring (bicyclic) bond motifs is 1. The molecule has 0 radical (unpaired) electrons. The summed E-state index contributed by atoms with van der Waals surface area (Å²) in [5.74, 6) is 0. The van der Waals surface area contributed by atoms with Crippen LogP contribution in [0.1, 0.15) is 24.0 Å². The number of likely N-dealkylation sites (tertiary alicyclic amines) is 1. The average Bonchev–Trinajstić information content (AvgIpc) is 3.05. The van der Waals surface area contributed by atoms with Gasteiger partial charge in [-0.05, 0) is 42.7 Å². The minimum absolute atomic E-state index is 0.655. The SMILES string of the molecule is C=C(c1c[nH]c2cc(Cl)ccc12)N1CCC(O)(c2ccc(Cl)cc2)CC1. The zero-order valence-electron chi connectivity index (χ0n) is 14.3. The van der Waals surface area contributed by atoms with Gasteiger partial charge in [0.15, 0.2) is 0 Å². The van der Waals surface area contributed by atoms with E-state index >= 15 is 0 Å². The molecule has 0 amide bonds. The van der Waals surface area contributed by atoms with Crippen molar-refractivity contribution in [2.45, 2.75) is 18.4 Å². The summed E-state index contributed by atoms with van der Waals surface area (Å²) in [6.45, 7) is 5.80. The van der Waals surface area contributed by atoms with Crippen LogP contribution in [-0.2, 0) is 5.60 Å². The number of H-pyrrole nitrogens is 1. The Bertz CT molecular complexity index is 954. The molecule has 1 aromatic heterocycles. The third-order valence-electron chi connectivity index (χ3n) is 5.31. The van der Waals surface area contributed by atoms with E-state index in [4.69, 9.17) is 23.2 Å². The Morgan fingerprint density at radius 3 is 2.38 bits per heavy atom. The summed E-state index contributed by atoms with van der Waals surface area (Å²) < 4.78 is 0. The number of nitrogens with zero attached hydrogens (tertiary/aromatic N) is 1. The first-order chi connectivity index (χ1) is 12.5. The molecule has 0 aliphatic carbocycles. The van der Waals surface area contributed by atoms with Gasteiger partial charge in [-0.3, -0.25) is 0 Å². The molecule has 2 heterocycles. The van der Waals surface area contributed by atoms with E-state index < -0.39 is 5.60 Å². The summed E-state index contributed by atoms with van der Waals surface area (Å²) in [7, 11) is 0. The largest absolute Gasteiger partial charge is 0.385 e. The Balaban J connectivity index is 1.52. The number of benzene rings is 2. The Morgan fingerprint density at radius 2 is 1.69 bits per heavy atom. The van der Waals surface area contributed by atoms with Crippen molar-refractivity contribution in [3.05, 3.63) is 76.4 Å². The van der Waals surface area contributed by atoms with Crippen molar-refractivity contribution in [3.8, 4) is 0 Å². The fraction of sp³-hybridized carbons (Fsp3) is 0.238. The molecule has 4 rings (SSSR count). The number of aromatic amines is 1. The number of aliphatic hydroxyl groups is 1. The van der Waals surface area contributed by atoms with Crippen LogP contribution in [0.5, 0.6) is 0 Å². The molecule has 0 saturated carbocycles. The van der Waals surface area contributed by atoms with Gasteiger partial charge in [-0.25, -0.2) is 0 Å². The second-order valence-electron chi connectivity index (χ2n) is 6.86. The Labute approximate surface area is 162 Å². The summed E-state index contributed by atoms with van der Waals surface area (Å²) in [5, 5.41) is 13.5. The first kappa shape index (κ1) is 17.5. The van der Waals surface area contributed by atoms with Gasteiger partial charge >= 0.3 is 0 Å². The fourth-order valence-corrected chi connectivity index (χ4v) is 4.00. The third-order valence-corrected chi connectivity index (χ3v) is 5.80. The van der Waals surface area contributed by atoms with Gasteiger partial charge in [-0.1, -0.05) is 48.0 Å². The van der Waals surface area contributed by atoms with E-state index in [2.05, 4.69) is 16.5 Å². The lowest BCUT2D eigenvalue weighted by Crippen LogP contribution is -2.41. The van der Waals surface area contributed by atoms with Crippen LogP contribution in [0.2, 0.25) is 10.0 Å². The molecule has 0 spiro atoms. The fourth-order valence-electron chi connectivity index (χ4n) is 3.70. The highest BCUT2D eigenvalue weighted by Crippen LogP contribution is 2.37. The van der Waals surface area contributed by atoms with Crippen molar-refractivity contribution >= 4 is 39.8 Å². The van der Waals surface area contributed by atoms with Gasteiger partial charge in [-0.15, -0.1) is 0 Å². The second-order valence-corrected chi connectivity index (χ2v) is 7.74. The normalized spacial score (nSPS) is 16.8. The van der Waals surface area contributed by atoms with E-state index in [9.17, 15) is 5.11 Å². The first-order valence-electron chi connectivity index (χ1n) is 8.66. The van der Waals surface area contributed by atoms with Crippen LogP contribution in [0.4, 0.5) is 0 Å². The summed E-state index contributed by atoms with van der Waals surface area (Å²) in [5.41, 5.74) is 3.16. The smallest absolute Gasteiger partial charge is 0.0930 e. The third kappa shape index (κ3) is 3.11. The molecule has 2 N–H and O–H groups in total. The molecule has 3 aromatic rings. The van der Waals surface area contributed by atoms with Crippen molar-refractivity contribution in [2.24, 2.45) is 0 Å². The quantitative estimate of drug-likeness (QED) is 0.629. The van der Waals surface area contributed by atoms with Gasteiger partial charge in [0.2, 0.25) is 0 Å². The van der Waals surface area contributed by atoms with Crippen LogP contribution in [-0.4, -0.2) is 28.1 Å². The Morgan fingerprint density at radius 1 is 1.04 bits per heavy atom. The first-order valence-corrected chi connectivity index (χ1v) is 9.41. The van der Waals surface area contributed by atoms with Gasteiger partial charge in [0.1, 0.15) is 0 Å². The summed E-state index contributed by atoms with van der Waals surface area (Å²) in [4.78, 5) is 5.50. The minimum atomic E-state index is -0.810. The highest BCUT2D eigenvalue weighted by molar-refractivity contribution is 6.31. The molecule has 5 heteroatoms. The maximum absolute atomic E-state index is 11.0. The topological polar surface area (TPSA) is 39.3 Å². The van der Waals surface area contributed by atoms with E-state index in [1.54, 1.807) is 0 Å². The molecule has 0 atom stereocenters. The van der Waals surface area contributed by atoms with Crippen LogP contribution >= 0.6 is 23.2 Å². The molecule has 134 valence electrons. The number of halogens is 2. The van der Waals surface area contributed by atoms with Gasteiger partial charge in [0.05, 0.1) is 5.60 Å². The lowest BCUT2D eigenvalue weighted by molar-refractivity contribution is -0.0139. The molecule has 2 aromatic carbocycles. The molecule has 0 bridgehead atoms. The van der Waals surface area contributed by atoms with E-state index in [0.717, 1.165) is 40.8 Å². The van der Waals surface area contributed by atoms with E-state index in [1.807, 2.05) is 48.7 Å². The van der Waals surface area contributed by atoms with Crippen molar-refractivity contribution in [1.29, 1.82) is 0 Å². The number of aromatic nitrogens is 1. The zero-order valence-corrected chi connectivity index (χ0v) is 15.8. The Kier molecular flexibility index (Phi) is 4.47. The zero-order chi connectivity index (χ0) is 18.3. The van der Waals surface area contributed by atoms with Crippen molar-refractivity contribution in [1.82, 2.24) is 9.88 Å². The molecule has 1 fully saturated rings. The van der Waals surface area contributed by atoms with Crippen LogP contribution in [0.15, 0.2) is 55.2 Å². The van der Waals surface area contributed by atoms with Crippen molar-refractivity contribution < 1.29 is 5.11 Å². The summed E-state index contributed by atoms with van der Waals surface area (Å²) in [6, 6.07) is 13.3. The van der Waals surface area contributed by atoms with Gasteiger partial charge in [0.25, 0.3) is 0 Å². The lowest BCUT2D eigenvalue weighted by atomic mass is 9.84. The highest BCUT2D eigenvalue weighted by Gasteiger charge is 2.34. The standard InChI is InChI=1S/C21H20Cl2N2O/c1-14(19-13-24-20-12-17(23)6-7-18(19)20)25-10-8-21(26,9-11-25)15-2-4-16(22)5-3-15/h2-7,12-13,24,26H,1,8-11H2. The summed E-state index contributed by atoms with van der Waals surface area (Å²) >= 11 is 12.0. The second kappa shape index (κ2) is 6.66. The van der Waals surface area contributed by atoms with E-state index in [1.165, 1.54) is 0 Å². The minimum Gasteiger partial charge on any atom is -0.385 e. The molecule has 1 aliphatic rings. The Hall–Kier alpha value is -1.94. The highest BCUT2D eigenvalue weighted by atomic mass is 35.5. The molecule has 26 heavy (non-hydrogen) atoms. The molecular formula is C21H20Cl2N2O. The number of nitrogens with one attached hydrogen (secondary N) is 1.